The van der Waals surface area contributed by atoms with E-state index in [0.717, 1.165) is 11.1 Å². The second kappa shape index (κ2) is 10.4. The summed E-state index contributed by atoms with van der Waals surface area (Å²) in [5, 5.41) is 0. The van der Waals surface area contributed by atoms with E-state index in [1.807, 2.05) is 51.1 Å². The largest absolute Gasteiger partial charge is 0.494 e. The zero-order valence-electron chi connectivity index (χ0n) is 17.5. The highest BCUT2D eigenvalue weighted by Gasteiger charge is 2.29. The van der Waals surface area contributed by atoms with Gasteiger partial charge in [-0.1, -0.05) is 30.3 Å². The number of ether oxygens (including phenoxy) is 1. The van der Waals surface area contributed by atoms with Crippen molar-refractivity contribution in [1.29, 1.82) is 0 Å². The molecule has 2 rings (SSSR count). The quantitative estimate of drug-likeness (QED) is 0.643. The van der Waals surface area contributed by atoms with E-state index in [9.17, 15) is 13.2 Å². The lowest BCUT2D eigenvalue weighted by molar-refractivity contribution is -0.132. The number of nitrogens with zero attached hydrogens (tertiary/aromatic N) is 1. The summed E-state index contributed by atoms with van der Waals surface area (Å²) in [6, 6.07) is 13.2. The van der Waals surface area contributed by atoms with Crippen molar-refractivity contribution < 1.29 is 17.9 Å². The Bertz CT molecular complexity index is 910. The summed E-state index contributed by atoms with van der Waals surface area (Å²) in [7, 11) is -3.88. The summed E-state index contributed by atoms with van der Waals surface area (Å²) in [6.07, 6.45) is 0.283. The van der Waals surface area contributed by atoms with Gasteiger partial charge < -0.3 is 9.64 Å². The Morgan fingerprint density at radius 3 is 2.28 bits per heavy atom. The van der Waals surface area contributed by atoms with Crippen LogP contribution >= 0.6 is 0 Å². The van der Waals surface area contributed by atoms with Crippen molar-refractivity contribution in [1.82, 2.24) is 9.62 Å². The monoisotopic (exact) mass is 418 g/mol. The number of carbonyl (C=O) groups is 1. The predicted octanol–water partition coefficient (Wildman–Crippen LogP) is 3.15. The van der Waals surface area contributed by atoms with Gasteiger partial charge in [-0.25, -0.2) is 8.42 Å². The van der Waals surface area contributed by atoms with Crippen LogP contribution < -0.4 is 9.46 Å². The van der Waals surface area contributed by atoms with Crippen LogP contribution in [0.15, 0.2) is 53.4 Å². The second-order valence-electron chi connectivity index (χ2n) is 6.73. The molecule has 158 valence electrons. The van der Waals surface area contributed by atoms with Crippen molar-refractivity contribution in [2.75, 3.05) is 19.7 Å². The fourth-order valence-electron chi connectivity index (χ4n) is 3.15. The third-order valence-corrected chi connectivity index (χ3v) is 6.18. The van der Waals surface area contributed by atoms with Crippen LogP contribution in [-0.2, 0) is 21.2 Å². The van der Waals surface area contributed by atoms with Crippen LogP contribution in [0.5, 0.6) is 5.75 Å². The first-order chi connectivity index (χ1) is 13.8. The van der Waals surface area contributed by atoms with E-state index < -0.39 is 16.1 Å². The fourth-order valence-corrected chi connectivity index (χ4v) is 4.42. The van der Waals surface area contributed by atoms with Crippen molar-refractivity contribution in [3.63, 3.8) is 0 Å². The summed E-state index contributed by atoms with van der Waals surface area (Å²) in [4.78, 5) is 14.8. The van der Waals surface area contributed by atoms with Gasteiger partial charge in [-0.05, 0) is 63.4 Å². The lowest BCUT2D eigenvalue weighted by Crippen LogP contribution is -2.49. The average Bonchev–Trinajstić information content (AvgIpc) is 2.70. The molecule has 0 saturated carbocycles. The molecule has 0 radical (unpaired) electrons. The van der Waals surface area contributed by atoms with Crippen LogP contribution in [0.25, 0.3) is 0 Å². The van der Waals surface area contributed by atoms with Gasteiger partial charge in [0.25, 0.3) is 0 Å². The molecule has 0 bridgehead atoms. The van der Waals surface area contributed by atoms with Gasteiger partial charge in [0.1, 0.15) is 11.8 Å². The number of aryl methyl sites for hydroxylation is 1. The zero-order valence-corrected chi connectivity index (χ0v) is 18.3. The zero-order chi connectivity index (χ0) is 21.4. The molecule has 6 nitrogen and oxygen atoms in total. The topological polar surface area (TPSA) is 75.7 Å². The Hall–Kier alpha value is -2.38. The molecule has 0 aliphatic heterocycles. The van der Waals surface area contributed by atoms with Gasteiger partial charge in [0.05, 0.1) is 11.5 Å². The third kappa shape index (κ3) is 6.05. The predicted molar refractivity (Wildman–Crippen MR) is 115 cm³/mol. The molecule has 2 aromatic rings. The Balaban J connectivity index is 2.33. The first-order valence-electron chi connectivity index (χ1n) is 9.90. The smallest absolute Gasteiger partial charge is 0.241 e. The second-order valence-corrected chi connectivity index (χ2v) is 8.45. The molecule has 1 amide bonds. The minimum Gasteiger partial charge on any atom is -0.494 e. The summed E-state index contributed by atoms with van der Waals surface area (Å²) in [5.41, 5.74) is 1.62. The molecule has 2 aromatic carbocycles. The minimum absolute atomic E-state index is 0.115. The number of benzene rings is 2. The Labute approximate surface area is 173 Å². The lowest BCUT2D eigenvalue weighted by Gasteiger charge is -2.26. The molecule has 1 unspecified atom stereocenters. The summed E-state index contributed by atoms with van der Waals surface area (Å²) in [5.74, 6) is 0.414. The summed E-state index contributed by atoms with van der Waals surface area (Å²) >= 11 is 0. The maximum absolute atomic E-state index is 13.0. The van der Waals surface area contributed by atoms with E-state index in [0.29, 0.717) is 25.4 Å². The van der Waals surface area contributed by atoms with E-state index in [4.69, 9.17) is 4.74 Å². The number of nitrogens with one attached hydrogen (secondary N) is 1. The highest BCUT2D eigenvalue weighted by atomic mass is 32.2. The number of amides is 1. The SMILES string of the molecule is CCOc1ccc(S(=O)(=O)NC(Cc2ccccc2)C(=O)N(CC)CC)cc1C. The molecule has 1 atom stereocenters. The highest BCUT2D eigenvalue weighted by molar-refractivity contribution is 7.89. The molecular formula is C22H30N2O4S. The fraction of sp³-hybridized carbons (Fsp3) is 0.409. The van der Waals surface area contributed by atoms with E-state index >= 15 is 0 Å². The summed E-state index contributed by atoms with van der Waals surface area (Å²) < 4.78 is 34.2. The van der Waals surface area contributed by atoms with E-state index in [1.165, 1.54) is 6.07 Å². The maximum Gasteiger partial charge on any atom is 0.241 e. The van der Waals surface area contributed by atoms with Crippen molar-refractivity contribution >= 4 is 15.9 Å². The molecular weight excluding hydrogens is 388 g/mol. The molecule has 0 aliphatic rings. The van der Waals surface area contributed by atoms with E-state index in [1.54, 1.807) is 24.0 Å². The molecule has 0 aliphatic carbocycles. The van der Waals surface area contributed by atoms with Crippen LogP contribution in [0.1, 0.15) is 31.9 Å². The van der Waals surface area contributed by atoms with Gasteiger partial charge in [0.2, 0.25) is 15.9 Å². The van der Waals surface area contributed by atoms with Gasteiger partial charge in [-0.2, -0.15) is 4.72 Å². The number of carbonyl (C=O) groups excluding carboxylic acids is 1. The standard InChI is InChI=1S/C22H30N2O4S/c1-5-24(6-2)22(25)20(16-18-11-9-8-10-12-18)23-29(26,27)19-13-14-21(28-7-3)17(4)15-19/h8-15,20,23H,5-7,16H2,1-4H3. The minimum atomic E-state index is -3.88. The molecule has 1 N–H and O–H groups in total. The number of rotatable bonds is 10. The molecule has 29 heavy (non-hydrogen) atoms. The Morgan fingerprint density at radius 2 is 1.72 bits per heavy atom. The van der Waals surface area contributed by atoms with Crippen molar-refractivity contribution in [3.8, 4) is 5.75 Å². The Kier molecular flexibility index (Phi) is 8.22. The van der Waals surface area contributed by atoms with Crippen molar-refractivity contribution in [3.05, 3.63) is 59.7 Å². The molecule has 7 heteroatoms. The highest BCUT2D eigenvalue weighted by Crippen LogP contribution is 2.22. The van der Waals surface area contributed by atoms with Gasteiger partial charge >= 0.3 is 0 Å². The van der Waals surface area contributed by atoms with E-state index in [2.05, 4.69) is 4.72 Å². The molecule has 0 fully saturated rings. The lowest BCUT2D eigenvalue weighted by atomic mass is 10.1. The van der Waals surface area contributed by atoms with Gasteiger partial charge in [0, 0.05) is 13.1 Å². The molecule has 0 aromatic heterocycles. The van der Waals surface area contributed by atoms with Gasteiger partial charge in [0.15, 0.2) is 0 Å². The van der Waals surface area contributed by atoms with Gasteiger partial charge in [-0.3, -0.25) is 4.79 Å². The number of likely N-dealkylation sites (N-methyl/N-ethyl adjacent to an activating group) is 1. The first kappa shape index (κ1) is 22.9. The van der Waals surface area contributed by atoms with Crippen LogP contribution in [0, 0.1) is 6.92 Å². The molecule has 0 saturated heterocycles. The van der Waals surface area contributed by atoms with Gasteiger partial charge in [-0.15, -0.1) is 0 Å². The van der Waals surface area contributed by atoms with Crippen LogP contribution in [0.4, 0.5) is 0 Å². The van der Waals surface area contributed by atoms with Crippen LogP contribution in [0.3, 0.4) is 0 Å². The maximum atomic E-state index is 13.0. The molecule has 0 heterocycles. The van der Waals surface area contributed by atoms with E-state index in [-0.39, 0.29) is 17.2 Å². The number of hydrogen-bond donors (Lipinski definition) is 1. The number of hydrogen-bond acceptors (Lipinski definition) is 4. The average molecular weight is 419 g/mol. The van der Waals surface area contributed by atoms with Crippen molar-refractivity contribution in [2.45, 2.75) is 45.1 Å². The summed E-state index contributed by atoms with van der Waals surface area (Å²) in [6.45, 7) is 8.97. The Morgan fingerprint density at radius 1 is 1.07 bits per heavy atom. The van der Waals surface area contributed by atoms with Crippen LogP contribution in [-0.4, -0.2) is 45.0 Å². The van der Waals surface area contributed by atoms with Crippen LogP contribution in [0.2, 0.25) is 0 Å². The third-order valence-electron chi connectivity index (χ3n) is 4.71. The molecule has 0 spiro atoms. The number of sulfonamides is 1. The normalized spacial score (nSPS) is 12.4. The van der Waals surface area contributed by atoms with Crippen molar-refractivity contribution in [2.24, 2.45) is 0 Å². The first-order valence-corrected chi connectivity index (χ1v) is 11.4.